The van der Waals surface area contributed by atoms with Crippen molar-refractivity contribution < 1.29 is 18.8 Å². The maximum Gasteiger partial charge on any atom is 0.254 e. The fourth-order valence-corrected chi connectivity index (χ4v) is 4.81. The van der Waals surface area contributed by atoms with Crippen LogP contribution < -0.4 is 10.5 Å². The molecule has 1 atom stereocenters. The zero-order valence-corrected chi connectivity index (χ0v) is 18.2. The summed E-state index contributed by atoms with van der Waals surface area (Å²) in [6.45, 7) is 0.857. The molecule has 31 heavy (non-hydrogen) atoms. The second kappa shape index (κ2) is 8.93. The number of aryl methyl sites for hydroxylation is 1. The van der Waals surface area contributed by atoms with Crippen LogP contribution in [0.25, 0.3) is 10.4 Å². The van der Waals surface area contributed by atoms with E-state index in [9.17, 15) is 9.59 Å². The first-order valence-electron chi connectivity index (χ1n) is 10.2. The van der Waals surface area contributed by atoms with Gasteiger partial charge in [0.2, 0.25) is 11.8 Å². The number of carbonyl (C=O) groups is 2. The highest BCUT2D eigenvalue weighted by molar-refractivity contribution is 7.13. The monoisotopic (exact) mass is 439 g/mol. The molecule has 0 saturated carbocycles. The van der Waals surface area contributed by atoms with E-state index in [1.54, 1.807) is 22.3 Å². The summed E-state index contributed by atoms with van der Waals surface area (Å²) in [5, 5.41) is 5.79. The van der Waals surface area contributed by atoms with Gasteiger partial charge in [-0.25, -0.2) is 0 Å². The van der Waals surface area contributed by atoms with Crippen molar-refractivity contribution in [3.8, 4) is 16.3 Å². The van der Waals surface area contributed by atoms with Crippen molar-refractivity contribution in [3.05, 3.63) is 59.2 Å². The van der Waals surface area contributed by atoms with E-state index in [2.05, 4.69) is 23.4 Å². The van der Waals surface area contributed by atoms with Gasteiger partial charge in [-0.15, -0.1) is 11.3 Å². The maximum atomic E-state index is 12.7. The van der Waals surface area contributed by atoms with Crippen LogP contribution in [0, 0.1) is 5.41 Å². The van der Waals surface area contributed by atoms with Crippen LogP contribution in [0.1, 0.15) is 24.2 Å². The van der Waals surface area contributed by atoms with E-state index in [4.69, 9.17) is 15.0 Å². The summed E-state index contributed by atoms with van der Waals surface area (Å²) in [6, 6.07) is 14.0. The van der Waals surface area contributed by atoms with Crippen molar-refractivity contribution in [2.24, 2.45) is 11.1 Å². The van der Waals surface area contributed by atoms with Crippen LogP contribution in [0.4, 0.5) is 0 Å². The molecular weight excluding hydrogens is 414 g/mol. The summed E-state index contributed by atoms with van der Waals surface area (Å²) >= 11 is 1.68. The largest absolute Gasteiger partial charge is 0.479 e. The molecule has 1 saturated heterocycles. The summed E-state index contributed by atoms with van der Waals surface area (Å²) in [6.07, 6.45) is 1.79. The Kier molecular flexibility index (Phi) is 6.08. The van der Waals surface area contributed by atoms with Gasteiger partial charge in [0.1, 0.15) is 5.76 Å². The average molecular weight is 440 g/mol. The third-order valence-corrected chi connectivity index (χ3v) is 6.76. The van der Waals surface area contributed by atoms with Crippen LogP contribution in [0.15, 0.2) is 52.4 Å². The molecule has 8 heteroatoms. The molecule has 0 aliphatic carbocycles. The minimum absolute atomic E-state index is 0.0224. The van der Waals surface area contributed by atoms with E-state index in [-0.39, 0.29) is 18.2 Å². The number of aromatic nitrogens is 1. The van der Waals surface area contributed by atoms with E-state index >= 15 is 0 Å². The lowest BCUT2D eigenvalue weighted by molar-refractivity contribution is -0.132. The van der Waals surface area contributed by atoms with Gasteiger partial charge in [0, 0.05) is 36.9 Å². The van der Waals surface area contributed by atoms with Crippen molar-refractivity contribution in [3.63, 3.8) is 0 Å². The highest BCUT2D eigenvalue weighted by Gasteiger charge is 2.44. The van der Waals surface area contributed by atoms with Crippen LogP contribution >= 0.6 is 11.3 Å². The van der Waals surface area contributed by atoms with Crippen LogP contribution in [0.3, 0.4) is 0 Å². The Bertz CT molecular complexity index is 1060. The summed E-state index contributed by atoms with van der Waals surface area (Å²) in [7, 11) is 1.51. The molecule has 2 N–H and O–H groups in total. The molecule has 2 aromatic heterocycles. The number of benzene rings is 1. The standard InChI is InChI=1S/C23H25N3O4S/c1-29-20-13-18(30-25-20)7-8-21(27)26-10-9-23(15-26,22(24)28)14-16-4-2-5-17(12-16)19-6-3-11-31-19/h2-6,11-13H,7-10,14-15H2,1H3,(H2,24,28)/t23-/m0/s1. The number of thiophene rings is 1. The van der Waals surface area contributed by atoms with E-state index in [1.807, 2.05) is 23.6 Å². The van der Waals surface area contributed by atoms with Gasteiger partial charge in [0.25, 0.3) is 5.88 Å². The molecule has 3 aromatic rings. The summed E-state index contributed by atoms with van der Waals surface area (Å²) in [5.41, 5.74) is 7.27. The minimum atomic E-state index is -0.751. The van der Waals surface area contributed by atoms with Crippen LogP contribution in [-0.2, 0) is 22.4 Å². The number of ether oxygens (including phenoxy) is 1. The highest BCUT2D eigenvalue weighted by Crippen LogP contribution is 2.36. The second-order valence-corrected chi connectivity index (χ2v) is 8.85. The number of carbonyl (C=O) groups excluding carboxylic acids is 2. The number of methoxy groups -OCH3 is 1. The maximum absolute atomic E-state index is 12.7. The van der Waals surface area contributed by atoms with Crippen molar-refractivity contribution in [2.75, 3.05) is 20.2 Å². The van der Waals surface area contributed by atoms with E-state index in [1.165, 1.54) is 12.0 Å². The molecule has 0 bridgehead atoms. The van der Waals surface area contributed by atoms with Gasteiger partial charge in [0.05, 0.1) is 12.5 Å². The van der Waals surface area contributed by atoms with Gasteiger partial charge in [0.15, 0.2) is 0 Å². The molecule has 0 radical (unpaired) electrons. The molecule has 0 unspecified atom stereocenters. The molecule has 7 nitrogen and oxygen atoms in total. The predicted octanol–water partition coefficient (Wildman–Crippen LogP) is 3.29. The van der Waals surface area contributed by atoms with E-state index < -0.39 is 5.41 Å². The average Bonchev–Trinajstić information content (AvgIpc) is 3.53. The molecule has 0 spiro atoms. The fraction of sp³-hybridized carbons (Fsp3) is 0.348. The number of hydrogen-bond acceptors (Lipinski definition) is 6. The summed E-state index contributed by atoms with van der Waals surface area (Å²) in [4.78, 5) is 28.1. The van der Waals surface area contributed by atoms with E-state index in [0.29, 0.717) is 44.0 Å². The molecule has 1 aromatic carbocycles. The Hall–Kier alpha value is -3.13. The van der Waals surface area contributed by atoms with Crippen molar-refractivity contribution in [1.82, 2.24) is 10.1 Å². The van der Waals surface area contributed by atoms with Gasteiger partial charge in [-0.1, -0.05) is 30.3 Å². The molecule has 1 fully saturated rings. The van der Waals surface area contributed by atoms with Gasteiger partial charge < -0.3 is 19.9 Å². The number of likely N-dealkylation sites (tertiary alicyclic amines) is 1. The molecule has 2 amide bonds. The number of rotatable bonds is 8. The Morgan fingerprint density at radius 3 is 2.87 bits per heavy atom. The molecule has 1 aliphatic rings. The van der Waals surface area contributed by atoms with Gasteiger partial charge in [-0.2, -0.15) is 0 Å². The van der Waals surface area contributed by atoms with Gasteiger partial charge in [-0.05, 0) is 40.6 Å². The number of hydrogen-bond donors (Lipinski definition) is 1. The van der Waals surface area contributed by atoms with E-state index in [0.717, 1.165) is 11.1 Å². The molecule has 162 valence electrons. The quantitative estimate of drug-likeness (QED) is 0.581. The SMILES string of the molecule is COc1cc(CCC(=O)N2CC[C@@](Cc3cccc(-c4cccs4)c3)(C(N)=O)C2)on1. The Balaban J connectivity index is 1.42. The molecular formula is C23H25N3O4S. The van der Waals surface area contributed by atoms with Gasteiger partial charge >= 0.3 is 0 Å². The first kappa shape index (κ1) is 21.1. The minimum Gasteiger partial charge on any atom is -0.479 e. The molecule has 1 aliphatic heterocycles. The van der Waals surface area contributed by atoms with Crippen molar-refractivity contribution >= 4 is 23.2 Å². The fourth-order valence-electron chi connectivity index (χ4n) is 4.08. The van der Waals surface area contributed by atoms with Crippen molar-refractivity contribution in [1.29, 1.82) is 0 Å². The first-order chi connectivity index (χ1) is 15.0. The predicted molar refractivity (Wildman–Crippen MR) is 118 cm³/mol. The Labute approximate surface area is 184 Å². The molecule has 4 rings (SSSR count). The Morgan fingerprint density at radius 2 is 2.16 bits per heavy atom. The number of primary amides is 1. The van der Waals surface area contributed by atoms with Crippen LogP contribution in [0.2, 0.25) is 0 Å². The van der Waals surface area contributed by atoms with Crippen LogP contribution in [0.5, 0.6) is 5.88 Å². The molecule has 3 heterocycles. The smallest absolute Gasteiger partial charge is 0.254 e. The summed E-state index contributed by atoms with van der Waals surface area (Å²) in [5.74, 6) is 0.604. The number of nitrogens with two attached hydrogens (primary N) is 1. The second-order valence-electron chi connectivity index (χ2n) is 7.90. The number of amides is 2. The first-order valence-corrected chi connectivity index (χ1v) is 11.1. The lowest BCUT2D eigenvalue weighted by Gasteiger charge is -2.26. The zero-order valence-electron chi connectivity index (χ0n) is 17.4. The highest BCUT2D eigenvalue weighted by atomic mass is 32.1. The Morgan fingerprint density at radius 1 is 1.29 bits per heavy atom. The zero-order chi connectivity index (χ0) is 21.8. The summed E-state index contributed by atoms with van der Waals surface area (Å²) < 4.78 is 10.1. The number of nitrogens with zero attached hydrogens (tertiary/aromatic N) is 2. The van der Waals surface area contributed by atoms with Crippen LogP contribution in [-0.4, -0.2) is 42.1 Å². The topological polar surface area (TPSA) is 98.7 Å². The third kappa shape index (κ3) is 4.64. The third-order valence-electron chi connectivity index (χ3n) is 5.84. The lowest BCUT2D eigenvalue weighted by atomic mass is 9.80. The van der Waals surface area contributed by atoms with Gasteiger partial charge in [-0.3, -0.25) is 9.59 Å². The van der Waals surface area contributed by atoms with Crippen molar-refractivity contribution in [2.45, 2.75) is 25.7 Å². The normalized spacial score (nSPS) is 18.3. The lowest BCUT2D eigenvalue weighted by Crippen LogP contribution is -2.42.